The summed E-state index contributed by atoms with van der Waals surface area (Å²) in [5.41, 5.74) is 1.41. The Kier molecular flexibility index (Phi) is 8.65. The molecule has 0 saturated heterocycles. The number of benzene rings is 2. The van der Waals surface area contributed by atoms with Crippen molar-refractivity contribution in [2.45, 2.75) is 64.1 Å². The number of nitrogens with zero attached hydrogens (tertiary/aromatic N) is 1. The predicted molar refractivity (Wildman–Crippen MR) is 127 cm³/mol. The van der Waals surface area contributed by atoms with Crippen LogP contribution in [0.2, 0.25) is 15.1 Å². The number of hydrogen-bond donors (Lipinski definition) is 1. The SMILES string of the molecule is C[C@@H](C(=O)NC1CCCCC1)N(Cc1cccc(Cl)c1)C(=O)Cc1c(Cl)cccc1Cl. The zero-order chi connectivity index (χ0) is 22.4. The highest BCUT2D eigenvalue weighted by Crippen LogP contribution is 2.26. The maximum absolute atomic E-state index is 13.3. The summed E-state index contributed by atoms with van der Waals surface area (Å²) < 4.78 is 0. The van der Waals surface area contributed by atoms with Crippen LogP contribution in [-0.2, 0) is 22.6 Å². The van der Waals surface area contributed by atoms with Gasteiger partial charge in [-0.3, -0.25) is 9.59 Å². The molecule has 166 valence electrons. The van der Waals surface area contributed by atoms with Crippen molar-refractivity contribution >= 4 is 46.6 Å². The Hall–Kier alpha value is -1.75. The molecule has 1 aliphatic rings. The highest BCUT2D eigenvalue weighted by atomic mass is 35.5. The van der Waals surface area contributed by atoms with Crippen molar-refractivity contribution in [3.8, 4) is 0 Å². The average Bonchev–Trinajstić information content (AvgIpc) is 2.75. The van der Waals surface area contributed by atoms with E-state index in [9.17, 15) is 9.59 Å². The average molecular weight is 482 g/mol. The molecule has 1 saturated carbocycles. The first-order valence-corrected chi connectivity index (χ1v) is 11.8. The largest absolute Gasteiger partial charge is 0.352 e. The predicted octanol–water partition coefficient (Wildman–Crippen LogP) is 6.06. The maximum Gasteiger partial charge on any atom is 0.242 e. The first-order valence-electron chi connectivity index (χ1n) is 10.6. The molecule has 31 heavy (non-hydrogen) atoms. The topological polar surface area (TPSA) is 49.4 Å². The second-order valence-corrected chi connectivity index (χ2v) is 9.30. The van der Waals surface area contributed by atoms with E-state index in [2.05, 4.69) is 5.32 Å². The van der Waals surface area contributed by atoms with Gasteiger partial charge in [-0.05, 0) is 55.2 Å². The van der Waals surface area contributed by atoms with E-state index in [4.69, 9.17) is 34.8 Å². The lowest BCUT2D eigenvalue weighted by atomic mass is 9.95. The second-order valence-electron chi connectivity index (χ2n) is 8.05. The van der Waals surface area contributed by atoms with Crippen molar-refractivity contribution in [3.05, 3.63) is 68.7 Å². The number of amides is 2. The van der Waals surface area contributed by atoms with Gasteiger partial charge in [-0.25, -0.2) is 0 Å². The third-order valence-electron chi connectivity index (χ3n) is 5.75. The van der Waals surface area contributed by atoms with Crippen molar-refractivity contribution in [1.29, 1.82) is 0 Å². The Morgan fingerprint density at radius 3 is 2.32 bits per heavy atom. The highest BCUT2D eigenvalue weighted by molar-refractivity contribution is 6.36. The van der Waals surface area contributed by atoms with Crippen LogP contribution >= 0.6 is 34.8 Å². The van der Waals surface area contributed by atoms with Gasteiger partial charge in [-0.2, -0.15) is 0 Å². The molecule has 4 nitrogen and oxygen atoms in total. The van der Waals surface area contributed by atoms with Gasteiger partial charge in [0.25, 0.3) is 0 Å². The number of nitrogens with one attached hydrogen (secondary N) is 1. The maximum atomic E-state index is 13.3. The summed E-state index contributed by atoms with van der Waals surface area (Å²) in [4.78, 5) is 27.9. The Bertz CT molecular complexity index is 909. The third kappa shape index (κ3) is 6.61. The van der Waals surface area contributed by atoms with E-state index in [1.807, 2.05) is 12.1 Å². The van der Waals surface area contributed by atoms with Crippen molar-refractivity contribution in [2.75, 3.05) is 0 Å². The van der Waals surface area contributed by atoms with Crippen molar-refractivity contribution in [2.24, 2.45) is 0 Å². The molecule has 3 rings (SSSR count). The van der Waals surface area contributed by atoms with E-state index in [0.29, 0.717) is 20.6 Å². The molecule has 7 heteroatoms. The zero-order valence-electron chi connectivity index (χ0n) is 17.5. The Morgan fingerprint density at radius 1 is 1.03 bits per heavy atom. The monoisotopic (exact) mass is 480 g/mol. The molecule has 2 aromatic carbocycles. The van der Waals surface area contributed by atoms with Crippen molar-refractivity contribution in [1.82, 2.24) is 10.2 Å². The molecule has 0 aliphatic heterocycles. The van der Waals surface area contributed by atoms with Gasteiger partial charge in [0, 0.05) is 27.7 Å². The standard InChI is InChI=1S/C24H27Cl3N2O2/c1-16(24(31)28-19-9-3-2-4-10-19)29(15-17-7-5-8-18(25)13-17)23(30)14-20-21(26)11-6-12-22(20)27/h5-8,11-13,16,19H,2-4,9-10,14-15H2,1H3,(H,28,31)/t16-/m0/s1. The van der Waals surface area contributed by atoms with Crippen LogP contribution in [0.1, 0.15) is 50.2 Å². The van der Waals surface area contributed by atoms with Gasteiger partial charge in [0.15, 0.2) is 0 Å². The summed E-state index contributed by atoms with van der Waals surface area (Å²) in [6.45, 7) is 2.02. The minimum Gasteiger partial charge on any atom is -0.352 e. The smallest absolute Gasteiger partial charge is 0.242 e. The minimum absolute atomic E-state index is 0.0140. The Morgan fingerprint density at radius 2 is 1.68 bits per heavy atom. The van der Waals surface area contributed by atoms with Crippen LogP contribution in [0.25, 0.3) is 0 Å². The summed E-state index contributed by atoms with van der Waals surface area (Å²) >= 11 is 18.7. The number of carbonyl (C=O) groups excluding carboxylic acids is 2. The molecule has 2 amide bonds. The molecule has 2 aromatic rings. The van der Waals surface area contributed by atoms with Crippen LogP contribution in [0.5, 0.6) is 0 Å². The van der Waals surface area contributed by atoms with Crippen LogP contribution in [0.3, 0.4) is 0 Å². The molecule has 1 fully saturated rings. The minimum atomic E-state index is -0.644. The highest BCUT2D eigenvalue weighted by Gasteiger charge is 2.29. The van der Waals surface area contributed by atoms with E-state index >= 15 is 0 Å². The molecule has 0 aromatic heterocycles. The molecule has 0 unspecified atom stereocenters. The summed E-state index contributed by atoms with van der Waals surface area (Å²) in [7, 11) is 0. The zero-order valence-corrected chi connectivity index (χ0v) is 19.8. The van der Waals surface area contributed by atoms with Gasteiger partial charge in [0.1, 0.15) is 6.04 Å². The van der Waals surface area contributed by atoms with E-state index in [1.165, 1.54) is 6.42 Å². The Balaban J connectivity index is 1.80. The lowest BCUT2D eigenvalue weighted by Gasteiger charge is -2.31. The van der Waals surface area contributed by atoms with Gasteiger partial charge in [0.2, 0.25) is 11.8 Å². The summed E-state index contributed by atoms with van der Waals surface area (Å²) in [5.74, 6) is -0.367. The fraction of sp³-hybridized carbons (Fsp3) is 0.417. The molecule has 0 heterocycles. The molecule has 1 aliphatic carbocycles. The van der Waals surface area contributed by atoms with Crippen LogP contribution < -0.4 is 5.32 Å². The molecule has 1 N–H and O–H groups in total. The van der Waals surface area contributed by atoms with Gasteiger partial charge in [-0.1, -0.05) is 72.3 Å². The molecular formula is C24H27Cl3N2O2. The lowest BCUT2D eigenvalue weighted by Crippen LogP contribution is -2.50. The summed E-state index contributed by atoms with van der Waals surface area (Å²) in [6.07, 6.45) is 5.43. The fourth-order valence-corrected chi connectivity index (χ4v) is 4.68. The lowest BCUT2D eigenvalue weighted by molar-refractivity contribution is -0.140. The number of hydrogen-bond acceptors (Lipinski definition) is 2. The van der Waals surface area contributed by atoms with Crippen LogP contribution in [0, 0.1) is 0 Å². The van der Waals surface area contributed by atoms with Crippen molar-refractivity contribution in [3.63, 3.8) is 0 Å². The molecule has 0 bridgehead atoms. The van der Waals surface area contributed by atoms with Gasteiger partial charge >= 0.3 is 0 Å². The molecule has 0 spiro atoms. The van der Waals surface area contributed by atoms with Crippen LogP contribution in [0.15, 0.2) is 42.5 Å². The van der Waals surface area contributed by atoms with Gasteiger partial charge in [-0.15, -0.1) is 0 Å². The molecule has 0 radical (unpaired) electrons. The number of halogens is 3. The number of rotatable bonds is 7. The summed E-state index contributed by atoms with van der Waals surface area (Å²) in [5, 5.41) is 4.57. The quantitative estimate of drug-likeness (QED) is 0.523. The Labute approximate surface area is 198 Å². The fourth-order valence-electron chi connectivity index (χ4n) is 3.94. The number of carbonyl (C=O) groups is 2. The van der Waals surface area contributed by atoms with E-state index in [0.717, 1.165) is 31.2 Å². The van der Waals surface area contributed by atoms with Gasteiger partial charge < -0.3 is 10.2 Å². The van der Waals surface area contributed by atoms with E-state index in [-0.39, 0.29) is 30.8 Å². The second kappa shape index (κ2) is 11.2. The van der Waals surface area contributed by atoms with Crippen LogP contribution in [-0.4, -0.2) is 28.8 Å². The van der Waals surface area contributed by atoms with Gasteiger partial charge in [0.05, 0.1) is 6.42 Å². The molecular weight excluding hydrogens is 455 g/mol. The third-order valence-corrected chi connectivity index (χ3v) is 6.69. The summed E-state index contributed by atoms with van der Waals surface area (Å²) in [6, 6.07) is 12.0. The molecule has 1 atom stereocenters. The normalized spacial score (nSPS) is 15.4. The van der Waals surface area contributed by atoms with Crippen molar-refractivity contribution < 1.29 is 9.59 Å². The van der Waals surface area contributed by atoms with E-state index < -0.39 is 6.04 Å². The first-order chi connectivity index (χ1) is 14.8. The van der Waals surface area contributed by atoms with E-state index in [1.54, 1.807) is 42.2 Å². The first kappa shape index (κ1) is 23.9. The van der Waals surface area contributed by atoms with Crippen LogP contribution in [0.4, 0.5) is 0 Å².